The molecule has 0 spiro atoms. The third-order valence-corrected chi connectivity index (χ3v) is 7.68. The molecule has 0 unspecified atom stereocenters. The van der Waals surface area contributed by atoms with E-state index in [0.29, 0.717) is 23.6 Å². The first-order valence-corrected chi connectivity index (χ1v) is 13.3. The Kier molecular flexibility index (Phi) is 8.01. The van der Waals surface area contributed by atoms with Gasteiger partial charge in [0.05, 0.1) is 17.9 Å². The zero-order valence-corrected chi connectivity index (χ0v) is 21.0. The van der Waals surface area contributed by atoms with E-state index in [9.17, 15) is 9.18 Å². The van der Waals surface area contributed by atoms with Gasteiger partial charge < -0.3 is 4.74 Å². The minimum atomic E-state index is -0.359. The molecule has 0 radical (unpaired) electrons. The monoisotopic (exact) mass is 503 g/mol. The standard InChI is InChI=1S/C29H30FN3O2S/c30-25-13-7-14-26-28(25)31-29(36-26)33(16-8-15-32-17-19-35-20-18-32)27(34)21-24(22-9-3-1-4-10-22)23-11-5-2-6-12-23/h1-7,9-14,24H,8,15-21H2. The molecule has 0 atom stereocenters. The first kappa shape index (κ1) is 24.6. The van der Waals surface area contributed by atoms with Gasteiger partial charge in [-0.1, -0.05) is 78.1 Å². The van der Waals surface area contributed by atoms with Crippen LogP contribution in [0.15, 0.2) is 78.9 Å². The Hall–Kier alpha value is -3.13. The van der Waals surface area contributed by atoms with E-state index in [-0.39, 0.29) is 17.6 Å². The van der Waals surface area contributed by atoms with Crippen LogP contribution in [-0.4, -0.2) is 55.2 Å². The maximum absolute atomic E-state index is 14.4. The van der Waals surface area contributed by atoms with Gasteiger partial charge in [0.25, 0.3) is 0 Å². The van der Waals surface area contributed by atoms with Crippen LogP contribution in [0.5, 0.6) is 0 Å². The number of halogens is 1. The van der Waals surface area contributed by atoms with E-state index in [1.165, 1.54) is 17.4 Å². The number of rotatable bonds is 9. The number of carbonyl (C=O) groups excluding carboxylic acids is 1. The zero-order chi connectivity index (χ0) is 24.7. The fraction of sp³-hybridized carbons (Fsp3) is 0.310. The van der Waals surface area contributed by atoms with Crippen molar-refractivity contribution in [2.45, 2.75) is 18.8 Å². The molecule has 1 aliphatic heterocycles. The van der Waals surface area contributed by atoms with Crippen molar-refractivity contribution in [3.05, 3.63) is 95.8 Å². The van der Waals surface area contributed by atoms with Crippen LogP contribution >= 0.6 is 11.3 Å². The predicted octanol–water partition coefficient (Wildman–Crippen LogP) is 5.71. The lowest BCUT2D eigenvalue weighted by atomic mass is 9.88. The van der Waals surface area contributed by atoms with E-state index in [0.717, 1.165) is 55.1 Å². The molecular weight excluding hydrogens is 473 g/mol. The fourth-order valence-electron chi connectivity index (χ4n) is 4.71. The lowest BCUT2D eigenvalue weighted by molar-refractivity contribution is -0.118. The van der Waals surface area contributed by atoms with Crippen LogP contribution in [0.2, 0.25) is 0 Å². The number of benzene rings is 3. The highest BCUT2D eigenvalue weighted by atomic mass is 32.1. The summed E-state index contributed by atoms with van der Waals surface area (Å²) >= 11 is 1.37. The highest BCUT2D eigenvalue weighted by molar-refractivity contribution is 7.22. The summed E-state index contributed by atoms with van der Waals surface area (Å²) in [7, 11) is 0. The molecule has 1 fully saturated rings. The predicted molar refractivity (Wildman–Crippen MR) is 143 cm³/mol. The molecule has 1 aliphatic rings. The van der Waals surface area contributed by atoms with Gasteiger partial charge in [-0.2, -0.15) is 0 Å². The number of morpholine rings is 1. The van der Waals surface area contributed by atoms with Crippen molar-refractivity contribution in [1.29, 1.82) is 0 Å². The molecular formula is C29H30FN3O2S. The highest BCUT2D eigenvalue weighted by Gasteiger charge is 2.26. The Balaban J connectivity index is 1.41. The molecule has 1 aromatic heterocycles. The Bertz CT molecular complexity index is 1240. The van der Waals surface area contributed by atoms with Crippen molar-refractivity contribution in [1.82, 2.24) is 9.88 Å². The lowest BCUT2D eigenvalue weighted by Crippen LogP contribution is -2.39. The molecule has 5 rings (SSSR count). The molecule has 3 aromatic carbocycles. The number of fused-ring (bicyclic) bond motifs is 1. The van der Waals surface area contributed by atoms with Gasteiger partial charge in [-0.25, -0.2) is 9.37 Å². The van der Waals surface area contributed by atoms with E-state index in [1.807, 2.05) is 42.5 Å². The summed E-state index contributed by atoms with van der Waals surface area (Å²) in [6.45, 7) is 4.72. The minimum Gasteiger partial charge on any atom is -0.379 e. The molecule has 1 saturated heterocycles. The van der Waals surface area contributed by atoms with Crippen molar-refractivity contribution in [2.24, 2.45) is 0 Å². The summed E-state index contributed by atoms with van der Waals surface area (Å²) in [6.07, 6.45) is 1.12. The van der Waals surface area contributed by atoms with Crippen LogP contribution < -0.4 is 4.90 Å². The SMILES string of the molecule is O=C(CC(c1ccccc1)c1ccccc1)N(CCCN1CCOCC1)c1nc2c(F)cccc2s1. The zero-order valence-electron chi connectivity index (χ0n) is 20.2. The number of ether oxygens (including phenoxy) is 1. The maximum atomic E-state index is 14.4. The Morgan fingerprint density at radius 2 is 1.64 bits per heavy atom. The van der Waals surface area contributed by atoms with E-state index >= 15 is 0 Å². The summed E-state index contributed by atoms with van der Waals surface area (Å²) in [4.78, 5) is 22.6. The quantitative estimate of drug-likeness (QED) is 0.293. The van der Waals surface area contributed by atoms with Crippen LogP contribution in [0.4, 0.5) is 9.52 Å². The van der Waals surface area contributed by atoms with Gasteiger partial charge >= 0.3 is 0 Å². The second-order valence-electron chi connectivity index (χ2n) is 9.01. The number of amides is 1. The van der Waals surface area contributed by atoms with Gasteiger partial charge in [-0.3, -0.25) is 14.6 Å². The number of thiazole rings is 1. The average molecular weight is 504 g/mol. The van der Waals surface area contributed by atoms with Crippen molar-refractivity contribution >= 4 is 32.6 Å². The average Bonchev–Trinajstić information content (AvgIpc) is 3.36. The molecule has 7 heteroatoms. The normalized spacial score (nSPS) is 14.4. The number of nitrogens with zero attached hydrogens (tertiary/aromatic N) is 3. The minimum absolute atomic E-state index is 0.00542. The van der Waals surface area contributed by atoms with E-state index in [2.05, 4.69) is 34.1 Å². The molecule has 4 aromatic rings. The number of aromatic nitrogens is 1. The molecule has 36 heavy (non-hydrogen) atoms. The van der Waals surface area contributed by atoms with Crippen molar-refractivity contribution < 1.29 is 13.9 Å². The Labute approximate surface area is 215 Å². The third-order valence-electron chi connectivity index (χ3n) is 6.63. The first-order chi connectivity index (χ1) is 17.7. The van der Waals surface area contributed by atoms with Crippen LogP contribution in [0.25, 0.3) is 10.2 Å². The second-order valence-corrected chi connectivity index (χ2v) is 10.0. The molecule has 0 N–H and O–H groups in total. The van der Waals surface area contributed by atoms with Gasteiger partial charge in [0, 0.05) is 38.5 Å². The van der Waals surface area contributed by atoms with E-state index in [1.54, 1.807) is 11.0 Å². The number of para-hydroxylation sites is 1. The molecule has 2 heterocycles. The smallest absolute Gasteiger partial charge is 0.229 e. The topological polar surface area (TPSA) is 45.7 Å². The first-order valence-electron chi connectivity index (χ1n) is 12.4. The van der Waals surface area contributed by atoms with E-state index in [4.69, 9.17) is 4.74 Å². The number of hydrogen-bond donors (Lipinski definition) is 0. The fourth-order valence-corrected chi connectivity index (χ4v) is 5.73. The third kappa shape index (κ3) is 5.81. The van der Waals surface area contributed by atoms with Crippen molar-refractivity contribution in [2.75, 3.05) is 44.3 Å². The van der Waals surface area contributed by atoms with Crippen LogP contribution in [0.1, 0.15) is 29.9 Å². The van der Waals surface area contributed by atoms with Crippen LogP contribution in [0.3, 0.4) is 0 Å². The number of carbonyl (C=O) groups is 1. The summed E-state index contributed by atoms with van der Waals surface area (Å²) in [5.74, 6) is -0.441. The Morgan fingerprint density at radius 3 is 2.28 bits per heavy atom. The summed E-state index contributed by atoms with van der Waals surface area (Å²) < 4.78 is 20.6. The summed E-state index contributed by atoms with van der Waals surface area (Å²) in [5.41, 5.74) is 2.52. The van der Waals surface area contributed by atoms with Gasteiger partial charge in [0.15, 0.2) is 5.13 Å². The molecule has 0 bridgehead atoms. The number of hydrogen-bond acceptors (Lipinski definition) is 5. The van der Waals surface area contributed by atoms with Gasteiger partial charge in [-0.15, -0.1) is 0 Å². The highest BCUT2D eigenvalue weighted by Crippen LogP contribution is 2.33. The maximum Gasteiger partial charge on any atom is 0.229 e. The van der Waals surface area contributed by atoms with Gasteiger partial charge in [0.2, 0.25) is 5.91 Å². The molecule has 1 amide bonds. The molecule has 0 saturated carbocycles. The van der Waals surface area contributed by atoms with Crippen molar-refractivity contribution in [3.8, 4) is 0 Å². The second kappa shape index (κ2) is 11.7. The largest absolute Gasteiger partial charge is 0.379 e. The summed E-state index contributed by atoms with van der Waals surface area (Å²) in [5, 5.41) is 0.557. The van der Waals surface area contributed by atoms with E-state index < -0.39 is 0 Å². The van der Waals surface area contributed by atoms with Gasteiger partial charge in [-0.05, 0) is 29.7 Å². The van der Waals surface area contributed by atoms with Crippen molar-refractivity contribution in [3.63, 3.8) is 0 Å². The number of anilines is 1. The van der Waals surface area contributed by atoms with Crippen LogP contribution in [-0.2, 0) is 9.53 Å². The molecule has 186 valence electrons. The van der Waals surface area contributed by atoms with Gasteiger partial charge in [0.1, 0.15) is 11.3 Å². The molecule has 5 nitrogen and oxygen atoms in total. The van der Waals surface area contributed by atoms with Crippen LogP contribution in [0, 0.1) is 5.82 Å². The molecule has 0 aliphatic carbocycles. The lowest BCUT2D eigenvalue weighted by Gasteiger charge is -2.28. The summed E-state index contributed by atoms with van der Waals surface area (Å²) in [6, 6.07) is 25.2. The Morgan fingerprint density at radius 1 is 0.972 bits per heavy atom.